The molecule has 2 N–H and O–H groups in total. The van der Waals surface area contributed by atoms with E-state index in [1.165, 1.54) is 17.7 Å². The molecule has 7 heteroatoms. The van der Waals surface area contributed by atoms with Crippen LogP contribution in [-0.4, -0.2) is 45.6 Å². The number of hydrogen-bond donors (Lipinski definition) is 2. The normalized spacial score (nSPS) is 19.2. The number of halogens is 1. The Kier molecular flexibility index (Phi) is 6.03. The summed E-state index contributed by atoms with van der Waals surface area (Å²) in [7, 11) is 0. The first-order valence-corrected chi connectivity index (χ1v) is 8.69. The summed E-state index contributed by atoms with van der Waals surface area (Å²) in [6.45, 7) is 3.60. The van der Waals surface area contributed by atoms with Gasteiger partial charge in [0.15, 0.2) is 11.6 Å². The molecule has 106 valence electrons. The minimum atomic E-state index is -0.393. The number of nitrogens with zero attached hydrogens (tertiary/aromatic N) is 2. The molecule has 19 heavy (non-hydrogen) atoms. The van der Waals surface area contributed by atoms with Gasteiger partial charge in [-0.25, -0.2) is 9.37 Å². The van der Waals surface area contributed by atoms with Gasteiger partial charge in [-0.05, 0) is 6.42 Å². The standard InChI is InChI=1S/C12H19FN4S2/c1-2-3-14-12-16-7-10(13)11(17-12)15-6-9-8-18-4-5-19-9/h7,9H,2-6,8H2,1H3,(H2,14,15,16,17). The van der Waals surface area contributed by atoms with Crippen LogP contribution in [0.15, 0.2) is 6.20 Å². The van der Waals surface area contributed by atoms with E-state index in [9.17, 15) is 4.39 Å². The van der Waals surface area contributed by atoms with Crippen LogP contribution < -0.4 is 10.6 Å². The maximum Gasteiger partial charge on any atom is 0.224 e. The maximum absolute atomic E-state index is 13.6. The van der Waals surface area contributed by atoms with E-state index in [0.29, 0.717) is 17.0 Å². The van der Waals surface area contributed by atoms with Crippen LogP contribution in [-0.2, 0) is 0 Å². The van der Waals surface area contributed by atoms with Crippen molar-refractivity contribution < 1.29 is 4.39 Å². The van der Waals surface area contributed by atoms with Gasteiger partial charge in [0.05, 0.1) is 6.20 Å². The van der Waals surface area contributed by atoms with Crippen LogP contribution >= 0.6 is 23.5 Å². The van der Waals surface area contributed by atoms with Gasteiger partial charge < -0.3 is 10.6 Å². The van der Waals surface area contributed by atoms with Crippen molar-refractivity contribution in [2.75, 3.05) is 41.0 Å². The SMILES string of the molecule is CCCNc1ncc(F)c(NCC2CSCCS2)n1. The van der Waals surface area contributed by atoms with Crippen molar-refractivity contribution in [3.63, 3.8) is 0 Å². The zero-order valence-electron chi connectivity index (χ0n) is 11.0. The van der Waals surface area contributed by atoms with Crippen molar-refractivity contribution in [3.05, 3.63) is 12.0 Å². The largest absolute Gasteiger partial charge is 0.366 e. The number of hydrogen-bond acceptors (Lipinski definition) is 6. The van der Waals surface area contributed by atoms with Crippen molar-refractivity contribution in [3.8, 4) is 0 Å². The van der Waals surface area contributed by atoms with E-state index < -0.39 is 5.82 Å². The molecule has 0 bridgehead atoms. The van der Waals surface area contributed by atoms with Crippen molar-refractivity contribution in [2.24, 2.45) is 0 Å². The molecule has 1 atom stereocenters. The summed E-state index contributed by atoms with van der Waals surface area (Å²) in [4.78, 5) is 8.09. The van der Waals surface area contributed by atoms with Crippen LogP contribution in [0.4, 0.5) is 16.2 Å². The molecule has 1 fully saturated rings. The summed E-state index contributed by atoms with van der Waals surface area (Å²) in [6.07, 6.45) is 2.20. The zero-order chi connectivity index (χ0) is 13.5. The van der Waals surface area contributed by atoms with Crippen molar-refractivity contribution in [1.29, 1.82) is 0 Å². The van der Waals surface area contributed by atoms with Gasteiger partial charge in [-0.15, -0.1) is 0 Å². The second kappa shape index (κ2) is 7.79. The van der Waals surface area contributed by atoms with Crippen LogP contribution in [0, 0.1) is 5.82 Å². The Morgan fingerprint density at radius 1 is 1.42 bits per heavy atom. The monoisotopic (exact) mass is 302 g/mol. The van der Waals surface area contributed by atoms with Gasteiger partial charge in [-0.3, -0.25) is 0 Å². The first-order valence-electron chi connectivity index (χ1n) is 6.49. The fraction of sp³-hybridized carbons (Fsp3) is 0.667. The fourth-order valence-corrected chi connectivity index (χ4v) is 4.29. The Balaban J connectivity index is 1.90. The summed E-state index contributed by atoms with van der Waals surface area (Å²) in [5.41, 5.74) is 0. The molecule has 4 nitrogen and oxygen atoms in total. The average Bonchev–Trinajstić information content (AvgIpc) is 2.46. The van der Waals surface area contributed by atoms with Gasteiger partial charge in [-0.1, -0.05) is 6.92 Å². The molecule has 1 unspecified atom stereocenters. The van der Waals surface area contributed by atoms with E-state index in [4.69, 9.17) is 0 Å². The molecule has 2 heterocycles. The quantitative estimate of drug-likeness (QED) is 0.842. The number of anilines is 2. The molecular formula is C12H19FN4S2. The van der Waals surface area contributed by atoms with Gasteiger partial charge in [0.2, 0.25) is 5.95 Å². The summed E-state index contributed by atoms with van der Waals surface area (Å²) in [5.74, 6) is 3.89. The molecule has 0 aliphatic carbocycles. The van der Waals surface area contributed by atoms with Gasteiger partial charge in [0.1, 0.15) is 0 Å². The highest BCUT2D eigenvalue weighted by molar-refractivity contribution is 8.06. The predicted molar refractivity (Wildman–Crippen MR) is 82.8 cm³/mol. The summed E-state index contributed by atoms with van der Waals surface area (Å²) < 4.78 is 13.6. The van der Waals surface area contributed by atoms with Crippen LogP contribution in [0.2, 0.25) is 0 Å². The lowest BCUT2D eigenvalue weighted by atomic mass is 10.4. The molecule has 2 rings (SSSR count). The third kappa shape index (κ3) is 4.72. The summed E-state index contributed by atoms with van der Waals surface area (Å²) >= 11 is 3.90. The van der Waals surface area contributed by atoms with Crippen LogP contribution in [0.1, 0.15) is 13.3 Å². The lowest BCUT2D eigenvalue weighted by molar-refractivity contribution is 0.617. The summed E-state index contributed by atoms with van der Waals surface area (Å²) in [5, 5.41) is 6.69. The van der Waals surface area contributed by atoms with Crippen LogP contribution in [0.5, 0.6) is 0 Å². The van der Waals surface area contributed by atoms with Gasteiger partial charge in [0, 0.05) is 35.6 Å². The van der Waals surface area contributed by atoms with Crippen molar-refractivity contribution in [1.82, 2.24) is 9.97 Å². The third-order valence-electron chi connectivity index (χ3n) is 2.66. The van der Waals surface area contributed by atoms with Gasteiger partial charge in [-0.2, -0.15) is 28.5 Å². The smallest absolute Gasteiger partial charge is 0.224 e. The van der Waals surface area contributed by atoms with Crippen molar-refractivity contribution >= 4 is 35.3 Å². The van der Waals surface area contributed by atoms with Gasteiger partial charge in [0.25, 0.3) is 0 Å². The highest BCUT2D eigenvalue weighted by atomic mass is 32.2. The average molecular weight is 302 g/mol. The molecule has 1 aliphatic rings. The minimum absolute atomic E-state index is 0.296. The highest BCUT2D eigenvalue weighted by Gasteiger charge is 2.15. The fourth-order valence-electron chi connectivity index (χ4n) is 1.68. The predicted octanol–water partition coefficient (Wildman–Crippen LogP) is 2.70. The molecular weight excluding hydrogens is 283 g/mol. The van der Waals surface area contributed by atoms with E-state index >= 15 is 0 Å². The second-order valence-corrected chi connectivity index (χ2v) is 6.82. The van der Waals surface area contributed by atoms with Crippen molar-refractivity contribution in [2.45, 2.75) is 18.6 Å². The molecule has 1 saturated heterocycles. The van der Waals surface area contributed by atoms with E-state index in [-0.39, 0.29) is 0 Å². The Morgan fingerprint density at radius 2 is 2.32 bits per heavy atom. The number of rotatable bonds is 6. The number of nitrogens with one attached hydrogen (secondary N) is 2. The Bertz CT molecular complexity index is 399. The molecule has 1 aliphatic heterocycles. The number of aromatic nitrogens is 2. The molecule has 1 aromatic heterocycles. The lowest BCUT2D eigenvalue weighted by Gasteiger charge is -2.21. The number of thioether (sulfide) groups is 2. The zero-order valence-corrected chi connectivity index (χ0v) is 12.6. The van der Waals surface area contributed by atoms with E-state index in [0.717, 1.165) is 25.3 Å². The van der Waals surface area contributed by atoms with E-state index in [1.807, 2.05) is 23.5 Å². The second-order valence-electron chi connectivity index (χ2n) is 4.27. The highest BCUT2D eigenvalue weighted by Crippen LogP contribution is 2.24. The maximum atomic E-state index is 13.6. The Morgan fingerprint density at radius 3 is 3.05 bits per heavy atom. The van der Waals surface area contributed by atoms with Gasteiger partial charge >= 0.3 is 0 Å². The lowest BCUT2D eigenvalue weighted by Crippen LogP contribution is -2.24. The molecule has 0 amide bonds. The molecule has 0 spiro atoms. The van der Waals surface area contributed by atoms with E-state index in [2.05, 4.69) is 27.5 Å². The summed E-state index contributed by atoms with van der Waals surface area (Å²) in [6, 6.07) is 0. The topological polar surface area (TPSA) is 49.8 Å². The van der Waals surface area contributed by atoms with E-state index in [1.54, 1.807) is 0 Å². The molecule has 1 aromatic rings. The Hall–Kier alpha value is -0.690. The molecule has 0 radical (unpaired) electrons. The molecule has 0 saturated carbocycles. The first kappa shape index (κ1) is 14.7. The minimum Gasteiger partial charge on any atom is -0.366 e. The first-order chi connectivity index (χ1) is 9.29. The third-order valence-corrected chi connectivity index (χ3v) is 5.50. The van der Waals surface area contributed by atoms with Crippen LogP contribution in [0.3, 0.4) is 0 Å². The van der Waals surface area contributed by atoms with Crippen LogP contribution in [0.25, 0.3) is 0 Å². The molecule has 0 aromatic carbocycles. The Labute approximate surface area is 121 Å².